The molecule has 0 amide bonds. The van der Waals surface area contributed by atoms with Crippen LogP contribution in [0.15, 0.2) is 48.7 Å². The van der Waals surface area contributed by atoms with Gasteiger partial charge in [0.05, 0.1) is 10.4 Å². The fraction of sp³-hybridized carbons (Fsp3) is 0.263. The molecule has 0 saturated heterocycles. The van der Waals surface area contributed by atoms with Gasteiger partial charge in [0.15, 0.2) is 0 Å². The van der Waals surface area contributed by atoms with Crippen LogP contribution in [0.1, 0.15) is 25.0 Å². The molecule has 0 radical (unpaired) electrons. The number of benzene rings is 2. The molecule has 1 aromatic heterocycles. The Labute approximate surface area is 141 Å². The number of non-ortho nitro benzene ring substituents is 1. The van der Waals surface area contributed by atoms with Crippen molar-refractivity contribution in [3.8, 4) is 0 Å². The number of nitro groups is 1. The van der Waals surface area contributed by atoms with E-state index in [9.17, 15) is 10.1 Å². The van der Waals surface area contributed by atoms with Gasteiger partial charge in [-0.1, -0.05) is 12.1 Å². The van der Waals surface area contributed by atoms with Crippen LogP contribution in [-0.2, 0) is 6.42 Å². The Bertz CT molecular complexity index is 849. The molecule has 0 aliphatic rings. The highest BCUT2D eigenvalue weighted by Gasteiger charge is 2.10. The number of nitrogens with zero attached hydrogens (tertiary/aromatic N) is 2. The van der Waals surface area contributed by atoms with Crippen molar-refractivity contribution in [1.82, 2.24) is 4.98 Å². The summed E-state index contributed by atoms with van der Waals surface area (Å²) in [6, 6.07) is 13.6. The smallest absolute Gasteiger partial charge is 0.271 e. The maximum Gasteiger partial charge on any atom is 0.271 e. The van der Waals surface area contributed by atoms with Gasteiger partial charge in [0, 0.05) is 42.5 Å². The van der Waals surface area contributed by atoms with E-state index in [1.807, 2.05) is 12.3 Å². The number of nitro benzene ring substituents is 1. The third-order valence-corrected chi connectivity index (χ3v) is 4.42. The number of hydrogen-bond acceptors (Lipinski definition) is 3. The molecular weight excluding hydrogens is 302 g/mol. The summed E-state index contributed by atoms with van der Waals surface area (Å²) in [6.45, 7) is 6.30. The molecule has 3 rings (SSSR count). The molecule has 124 valence electrons. The van der Waals surface area contributed by atoms with Crippen LogP contribution in [0.25, 0.3) is 10.9 Å². The zero-order chi connectivity index (χ0) is 17.1. The lowest BCUT2D eigenvalue weighted by molar-refractivity contribution is -0.384. The van der Waals surface area contributed by atoms with Gasteiger partial charge in [-0.3, -0.25) is 10.1 Å². The van der Waals surface area contributed by atoms with Gasteiger partial charge in [0.1, 0.15) is 0 Å². The van der Waals surface area contributed by atoms with Crippen LogP contribution in [0, 0.1) is 10.1 Å². The van der Waals surface area contributed by atoms with Crippen LogP contribution < -0.4 is 4.90 Å². The lowest BCUT2D eigenvalue weighted by atomic mass is 10.0. The van der Waals surface area contributed by atoms with E-state index in [2.05, 4.69) is 48.0 Å². The van der Waals surface area contributed by atoms with E-state index in [0.29, 0.717) is 0 Å². The van der Waals surface area contributed by atoms with Gasteiger partial charge in [-0.15, -0.1) is 0 Å². The van der Waals surface area contributed by atoms with Gasteiger partial charge in [-0.05, 0) is 49.6 Å². The molecule has 3 aromatic rings. The van der Waals surface area contributed by atoms with Crippen LogP contribution >= 0.6 is 0 Å². The summed E-state index contributed by atoms with van der Waals surface area (Å²) in [4.78, 5) is 16.0. The van der Waals surface area contributed by atoms with Crippen LogP contribution in [-0.4, -0.2) is 23.0 Å². The molecule has 1 N–H and O–H groups in total. The molecule has 1 heterocycles. The lowest BCUT2D eigenvalue weighted by Crippen LogP contribution is -2.21. The highest BCUT2D eigenvalue weighted by atomic mass is 16.6. The number of fused-ring (bicyclic) bond motifs is 1. The predicted molar refractivity (Wildman–Crippen MR) is 97.8 cm³/mol. The van der Waals surface area contributed by atoms with E-state index in [-0.39, 0.29) is 10.6 Å². The van der Waals surface area contributed by atoms with E-state index >= 15 is 0 Å². The van der Waals surface area contributed by atoms with Crippen molar-refractivity contribution in [2.24, 2.45) is 0 Å². The minimum Gasteiger partial charge on any atom is -0.372 e. The monoisotopic (exact) mass is 323 g/mol. The van der Waals surface area contributed by atoms with Gasteiger partial charge in [0.2, 0.25) is 0 Å². The van der Waals surface area contributed by atoms with Crippen molar-refractivity contribution >= 4 is 22.3 Å². The van der Waals surface area contributed by atoms with Gasteiger partial charge in [-0.2, -0.15) is 0 Å². The molecule has 24 heavy (non-hydrogen) atoms. The molecule has 0 spiro atoms. The topological polar surface area (TPSA) is 62.2 Å². The summed E-state index contributed by atoms with van der Waals surface area (Å²) in [5.41, 5.74) is 4.53. The summed E-state index contributed by atoms with van der Waals surface area (Å²) in [5.74, 6) is 0. The third kappa shape index (κ3) is 3.11. The minimum absolute atomic E-state index is 0.111. The zero-order valence-corrected chi connectivity index (χ0v) is 14.0. The molecule has 0 atom stereocenters. The Kier molecular flexibility index (Phi) is 4.51. The van der Waals surface area contributed by atoms with Crippen molar-refractivity contribution in [1.29, 1.82) is 0 Å². The fourth-order valence-electron chi connectivity index (χ4n) is 3.07. The Hall–Kier alpha value is -2.82. The number of aromatic amines is 1. The molecule has 0 aliphatic heterocycles. The quantitative estimate of drug-likeness (QED) is 0.536. The van der Waals surface area contributed by atoms with E-state index in [0.717, 1.165) is 36.0 Å². The summed E-state index contributed by atoms with van der Waals surface area (Å²) in [5, 5.41) is 11.9. The van der Waals surface area contributed by atoms with Gasteiger partial charge >= 0.3 is 0 Å². The second kappa shape index (κ2) is 6.74. The zero-order valence-electron chi connectivity index (χ0n) is 14.0. The molecule has 2 aromatic carbocycles. The second-order valence-corrected chi connectivity index (χ2v) is 5.82. The Morgan fingerprint density at radius 1 is 1.08 bits per heavy atom. The summed E-state index contributed by atoms with van der Waals surface area (Å²) < 4.78 is 0. The van der Waals surface area contributed by atoms with Crippen LogP contribution in [0.3, 0.4) is 0 Å². The van der Waals surface area contributed by atoms with E-state index < -0.39 is 0 Å². The number of H-pyrrole nitrogens is 1. The first kappa shape index (κ1) is 16.1. The molecule has 5 heteroatoms. The van der Waals surface area contributed by atoms with Crippen LogP contribution in [0.2, 0.25) is 0 Å². The Morgan fingerprint density at radius 2 is 1.79 bits per heavy atom. The van der Waals surface area contributed by atoms with E-state index in [1.165, 1.54) is 11.3 Å². The van der Waals surface area contributed by atoms with Gasteiger partial charge in [0.25, 0.3) is 5.69 Å². The van der Waals surface area contributed by atoms with Crippen molar-refractivity contribution in [3.05, 3.63) is 69.9 Å². The highest BCUT2D eigenvalue weighted by molar-refractivity contribution is 5.85. The standard InChI is InChI=1S/C19H21N3O2/c1-3-21(4-2)16-7-5-14(6-8-16)11-15-13-20-19-12-17(22(23)24)9-10-18(15)19/h5-10,12-13,20H,3-4,11H2,1-2H3. The maximum atomic E-state index is 10.9. The normalized spacial score (nSPS) is 10.9. The Balaban J connectivity index is 1.83. The second-order valence-electron chi connectivity index (χ2n) is 5.82. The number of nitrogens with one attached hydrogen (secondary N) is 1. The first-order valence-corrected chi connectivity index (χ1v) is 8.20. The van der Waals surface area contributed by atoms with Crippen molar-refractivity contribution in [2.75, 3.05) is 18.0 Å². The fourth-order valence-corrected chi connectivity index (χ4v) is 3.07. The highest BCUT2D eigenvalue weighted by Crippen LogP contribution is 2.25. The first-order valence-electron chi connectivity index (χ1n) is 8.20. The van der Waals surface area contributed by atoms with Crippen LogP contribution in [0.5, 0.6) is 0 Å². The molecule has 0 saturated carbocycles. The lowest BCUT2D eigenvalue weighted by Gasteiger charge is -2.21. The van der Waals surface area contributed by atoms with E-state index in [1.54, 1.807) is 12.1 Å². The maximum absolute atomic E-state index is 10.9. The van der Waals surface area contributed by atoms with Crippen molar-refractivity contribution < 1.29 is 4.92 Å². The van der Waals surface area contributed by atoms with Crippen molar-refractivity contribution in [2.45, 2.75) is 20.3 Å². The van der Waals surface area contributed by atoms with Gasteiger partial charge in [-0.25, -0.2) is 0 Å². The number of anilines is 1. The molecular formula is C19H21N3O2. The van der Waals surface area contributed by atoms with Crippen LogP contribution in [0.4, 0.5) is 11.4 Å². The van der Waals surface area contributed by atoms with Gasteiger partial charge < -0.3 is 9.88 Å². The number of rotatable bonds is 6. The number of aromatic nitrogens is 1. The summed E-state index contributed by atoms with van der Waals surface area (Å²) in [7, 11) is 0. The average Bonchev–Trinajstić information content (AvgIpc) is 2.99. The SMILES string of the molecule is CCN(CC)c1ccc(Cc2c[nH]c3cc([N+](=O)[O-])ccc23)cc1. The van der Waals surface area contributed by atoms with Crippen molar-refractivity contribution in [3.63, 3.8) is 0 Å². The minimum atomic E-state index is -0.369. The molecule has 5 nitrogen and oxygen atoms in total. The molecule has 0 bridgehead atoms. The Morgan fingerprint density at radius 3 is 2.42 bits per heavy atom. The molecule has 0 fully saturated rings. The molecule has 0 unspecified atom stereocenters. The first-order chi connectivity index (χ1) is 11.6. The summed E-state index contributed by atoms with van der Waals surface area (Å²) in [6.07, 6.45) is 2.74. The average molecular weight is 323 g/mol. The summed E-state index contributed by atoms with van der Waals surface area (Å²) >= 11 is 0. The number of hydrogen-bond donors (Lipinski definition) is 1. The molecule has 0 aliphatic carbocycles. The van der Waals surface area contributed by atoms with E-state index in [4.69, 9.17) is 0 Å². The predicted octanol–water partition coefficient (Wildman–Crippen LogP) is 4.51. The largest absolute Gasteiger partial charge is 0.372 e. The third-order valence-electron chi connectivity index (χ3n) is 4.42.